The molecule has 1 aliphatic carbocycles. The fourth-order valence-electron chi connectivity index (χ4n) is 2.69. The number of carbonyl (C=O) groups is 1. The van der Waals surface area contributed by atoms with Crippen LogP contribution in [-0.2, 0) is 16.6 Å². The first kappa shape index (κ1) is 11.0. The van der Waals surface area contributed by atoms with Crippen molar-refractivity contribution in [3.63, 3.8) is 0 Å². The number of aryl methyl sites for hydroxylation is 1. The lowest BCUT2D eigenvalue weighted by molar-refractivity contribution is -0.138. The van der Waals surface area contributed by atoms with Crippen molar-refractivity contribution in [2.45, 2.75) is 31.6 Å². The van der Waals surface area contributed by atoms with Gasteiger partial charge in [0.1, 0.15) is 5.75 Å². The van der Waals surface area contributed by atoms with E-state index in [2.05, 4.69) is 6.07 Å². The first-order valence-electron chi connectivity index (χ1n) is 5.45. The number of aliphatic carboxylic acids is 1. The summed E-state index contributed by atoms with van der Waals surface area (Å²) in [5, 5.41) is 8.99. The van der Waals surface area contributed by atoms with Crippen molar-refractivity contribution in [2.75, 3.05) is 7.11 Å². The molecular weight excluding hydrogens is 204 g/mol. The fourth-order valence-corrected chi connectivity index (χ4v) is 2.69. The van der Waals surface area contributed by atoms with Crippen LogP contribution in [0.15, 0.2) is 18.2 Å². The third kappa shape index (κ3) is 1.66. The number of hydrogen-bond donors (Lipinski definition) is 1. The molecule has 0 aliphatic heterocycles. The van der Waals surface area contributed by atoms with Crippen molar-refractivity contribution in [3.05, 3.63) is 29.3 Å². The van der Waals surface area contributed by atoms with Gasteiger partial charge >= 0.3 is 5.97 Å². The molecule has 0 saturated carbocycles. The van der Waals surface area contributed by atoms with Crippen LogP contribution in [0.4, 0.5) is 0 Å². The van der Waals surface area contributed by atoms with Gasteiger partial charge in [-0.15, -0.1) is 0 Å². The number of carboxylic acid groups (broad SMARTS) is 1. The molecule has 0 amide bonds. The highest BCUT2D eigenvalue weighted by Gasteiger charge is 2.38. The van der Waals surface area contributed by atoms with Gasteiger partial charge in [-0.1, -0.05) is 19.1 Å². The van der Waals surface area contributed by atoms with Crippen molar-refractivity contribution >= 4 is 5.97 Å². The van der Waals surface area contributed by atoms with Crippen LogP contribution in [0.5, 0.6) is 5.75 Å². The molecule has 1 aromatic carbocycles. The Bertz CT molecular complexity index is 425. The van der Waals surface area contributed by atoms with Crippen LogP contribution < -0.4 is 4.74 Å². The summed E-state index contributed by atoms with van der Waals surface area (Å²) >= 11 is 0. The van der Waals surface area contributed by atoms with Crippen molar-refractivity contribution in [1.82, 2.24) is 0 Å². The van der Waals surface area contributed by atoms with E-state index >= 15 is 0 Å². The van der Waals surface area contributed by atoms with Crippen molar-refractivity contribution in [2.24, 2.45) is 0 Å². The molecule has 0 saturated heterocycles. The summed E-state index contributed by atoms with van der Waals surface area (Å²) < 4.78 is 5.34. The number of fused-ring (bicyclic) bond motifs is 1. The summed E-state index contributed by atoms with van der Waals surface area (Å²) in [6.45, 7) is 2.01. The molecule has 86 valence electrons. The lowest BCUT2D eigenvalue weighted by Gasteiger charge is -2.25. The van der Waals surface area contributed by atoms with Crippen LogP contribution in [-0.4, -0.2) is 18.2 Å². The second-order valence-corrected chi connectivity index (χ2v) is 4.63. The van der Waals surface area contributed by atoms with Gasteiger partial charge in [-0.05, 0) is 24.5 Å². The zero-order chi connectivity index (χ0) is 11.8. The molecule has 1 atom stereocenters. The van der Waals surface area contributed by atoms with Crippen LogP contribution >= 0.6 is 0 Å². The Morgan fingerprint density at radius 2 is 2.31 bits per heavy atom. The van der Waals surface area contributed by atoms with E-state index in [4.69, 9.17) is 9.84 Å². The number of ether oxygens (including phenoxy) is 1. The molecule has 1 aliphatic rings. The van der Waals surface area contributed by atoms with Gasteiger partial charge in [0, 0.05) is 11.0 Å². The Labute approximate surface area is 95.0 Å². The van der Waals surface area contributed by atoms with Crippen molar-refractivity contribution in [3.8, 4) is 5.75 Å². The minimum atomic E-state index is -0.749. The van der Waals surface area contributed by atoms with Gasteiger partial charge in [0.15, 0.2) is 0 Å². The van der Waals surface area contributed by atoms with E-state index < -0.39 is 5.97 Å². The molecule has 16 heavy (non-hydrogen) atoms. The van der Waals surface area contributed by atoms with Gasteiger partial charge in [-0.3, -0.25) is 4.79 Å². The van der Waals surface area contributed by atoms with Crippen LogP contribution in [0.2, 0.25) is 0 Å². The summed E-state index contributed by atoms with van der Waals surface area (Å²) in [7, 11) is 1.63. The molecule has 2 rings (SSSR count). The van der Waals surface area contributed by atoms with Gasteiger partial charge in [0.05, 0.1) is 13.5 Å². The molecule has 3 heteroatoms. The summed E-state index contributed by atoms with van der Waals surface area (Å²) in [5.41, 5.74) is 2.02. The lowest BCUT2D eigenvalue weighted by atomic mass is 9.80. The Morgan fingerprint density at radius 3 is 2.94 bits per heavy atom. The summed E-state index contributed by atoms with van der Waals surface area (Å²) in [4.78, 5) is 10.9. The lowest BCUT2D eigenvalue weighted by Crippen LogP contribution is -2.23. The van der Waals surface area contributed by atoms with Crippen molar-refractivity contribution in [1.29, 1.82) is 0 Å². The first-order valence-corrected chi connectivity index (χ1v) is 5.45. The maximum atomic E-state index is 10.9. The predicted octanol–water partition coefficient (Wildman–Crippen LogP) is 2.37. The number of carboxylic acids is 1. The summed E-state index contributed by atoms with van der Waals surface area (Å²) in [6, 6.07) is 5.93. The molecule has 3 nitrogen and oxygen atoms in total. The highest BCUT2D eigenvalue weighted by atomic mass is 16.5. The maximum Gasteiger partial charge on any atom is 0.304 e. The second-order valence-electron chi connectivity index (χ2n) is 4.63. The second kappa shape index (κ2) is 3.81. The van der Waals surface area contributed by atoms with E-state index in [1.807, 2.05) is 19.1 Å². The molecule has 0 bridgehead atoms. The third-order valence-electron chi connectivity index (χ3n) is 3.42. The summed E-state index contributed by atoms with van der Waals surface area (Å²) in [5.74, 6) is 0.0695. The SMILES string of the molecule is COc1cccc2c1C(C)(CC(=O)O)CC2. The van der Waals surface area contributed by atoms with Gasteiger partial charge in [-0.2, -0.15) is 0 Å². The smallest absolute Gasteiger partial charge is 0.304 e. The van der Waals surface area contributed by atoms with Gasteiger partial charge in [0.25, 0.3) is 0 Å². The largest absolute Gasteiger partial charge is 0.496 e. The van der Waals surface area contributed by atoms with Crippen LogP contribution in [0.3, 0.4) is 0 Å². The number of rotatable bonds is 3. The summed E-state index contributed by atoms with van der Waals surface area (Å²) in [6.07, 6.45) is 1.99. The van der Waals surface area contributed by atoms with Crippen molar-refractivity contribution < 1.29 is 14.6 Å². The average molecular weight is 220 g/mol. The quantitative estimate of drug-likeness (QED) is 0.850. The molecule has 0 spiro atoms. The Hall–Kier alpha value is -1.51. The zero-order valence-electron chi connectivity index (χ0n) is 9.62. The normalized spacial score (nSPS) is 22.9. The first-order chi connectivity index (χ1) is 7.57. The molecule has 1 unspecified atom stereocenters. The number of hydrogen-bond acceptors (Lipinski definition) is 2. The van der Waals surface area contributed by atoms with E-state index in [0.717, 1.165) is 24.2 Å². The van der Waals surface area contributed by atoms with E-state index in [0.29, 0.717) is 0 Å². The monoisotopic (exact) mass is 220 g/mol. The Kier molecular flexibility index (Phi) is 2.62. The minimum Gasteiger partial charge on any atom is -0.496 e. The Morgan fingerprint density at radius 1 is 1.56 bits per heavy atom. The zero-order valence-corrected chi connectivity index (χ0v) is 9.62. The van der Waals surface area contributed by atoms with Gasteiger partial charge in [-0.25, -0.2) is 0 Å². The molecule has 0 radical (unpaired) electrons. The topological polar surface area (TPSA) is 46.5 Å². The fraction of sp³-hybridized carbons (Fsp3) is 0.462. The standard InChI is InChI=1S/C13H16O3/c1-13(8-11(14)15)7-6-9-4-3-5-10(16-2)12(9)13/h3-5H,6-8H2,1-2H3,(H,14,15). The molecule has 1 N–H and O–H groups in total. The van der Waals surface area contributed by atoms with Crippen LogP contribution in [0, 0.1) is 0 Å². The van der Waals surface area contributed by atoms with E-state index in [1.54, 1.807) is 7.11 Å². The molecule has 0 fully saturated rings. The van der Waals surface area contributed by atoms with E-state index in [9.17, 15) is 4.79 Å². The van der Waals surface area contributed by atoms with Gasteiger partial charge < -0.3 is 9.84 Å². The number of benzene rings is 1. The average Bonchev–Trinajstić information content (AvgIpc) is 2.55. The highest BCUT2D eigenvalue weighted by Crippen LogP contribution is 2.45. The molecule has 0 aromatic heterocycles. The number of methoxy groups -OCH3 is 1. The van der Waals surface area contributed by atoms with E-state index in [-0.39, 0.29) is 11.8 Å². The molecular formula is C13H16O3. The maximum absolute atomic E-state index is 10.9. The van der Waals surface area contributed by atoms with Crippen LogP contribution in [0.1, 0.15) is 30.9 Å². The van der Waals surface area contributed by atoms with Crippen LogP contribution in [0.25, 0.3) is 0 Å². The Balaban J connectivity index is 2.48. The molecule has 0 heterocycles. The molecule has 1 aromatic rings. The van der Waals surface area contributed by atoms with Gasteiger partial charge in [0.2, 0.25) is 0 Å². The minimum absolute atomic E-state index is 0.167. The highest BCUT2D eigenvalue weighted by molar-refractivity contribution is 5.70. The third-order valence-corrected chi connectivity index (χ3v) is 3.42. The predicted molar refractivity (Wildman–Crippen MR) is 60.9 cm³/mol. The van der Waals surface area contributed by atoms with E-state index in [1.165, 1.54) is 5.56 Å².